The highest BCUT2D eigenvalue weighted by atomic mass is 16.2. The normalized spacial score (nSPS) is 17.2. The topological polar surface area (TPSA) is 69.1 Å². The molecular formula is C28H33N5O. The number of rotatable bonds is 6. The smallest absolute Gasteiger partial charge is 0.254 e. The molecule has 6 rings (SSSR count). The van der Waals surface area contributed by atoms with E-state index in [4.69, 9.17) is 10.7 Å². The SMILES string of the molecule is CC(C)[C@@H](N)CN1CCc2cc3c(cc2C1=O)nc(-c1cc2ccccc2n1CC1CC1)n3C. The van der Waals surface area contributed by atoms with Crippen LogP contribution in [-0.4, -0.2) is 44.1 Å². The van der Waals surface area contributed by atoms with Crippen molar-refractivity contribution in [2.45, 2.75) is 45.7 Å². The first-order valence-corrected chi connectivity index (χ1v) is 12.5. The molecule has 6 nitrogen and oxygen atoms in total. The zero-order chi connectivity index (χ0) is 23.6. The van der Waals surface area contributed by atoms with Crippen molar-refractivity contribution in [3.8, 4) is 11.5 Å². The Balaban J connectivity index is 1.42. The van der Waals surface area contributed by atoms with E-state index < -0.39 is 0 Å². The molecular weight excluding hydrogens is 422 g/mol. The van der Waals surface area contributed by atoms with Crippen molar-refractivity contribution in [2.24, 2.45) is 24.6 Å². The van der Waals surface area contributed by atoms with Crippen molar-refractivity contribution < 1.29 is 4.79 Å². The number of amides is 1. The van der Waals surface area contributed by atoms with Crippen LogP contribution in [0.4, 0.5) is 0 Å². The van der Waals surface area contributed by atoms with Gasteiger partial charge in [-0.25, -0.2) is 4.98 Å². The number of imidazole rings is 1. The predicted octanol–water partition coefficient (Wildman–Crippen LogP) is 4.59. The molecule has 2 aromatic carbocycles. The molecule has 0 saturated heterocycles. The lowest BCUT2D eigenvalue weighted by molar-refractivity contribution is 0.0721. The molecule has 2 aliphatic rings. The largest absolute Gasteiger partial charge is 0.338 e. The average Bonchev–Trinajstić information content (AvgIpc) is 3.50. The zero-order valence-corrected chi connectivity index (χ0v) is 20.3. The number of hydrogen-bond donors (Lipinski definition) is 1. The van der Waals surface area contributed by atoms with Gasteiger partial charge in [-0.05, 0) is 60.9 Å². The summed E-state index contributed by atoms with van der Waals surface area (Å²) in [6, 6.07) is 15.0. The summed E-state index contributed by atoms with van der Waals surface area (Å²) < 4.78 is 4.63. The molecule has 1 aliphatic heterocycles. The summed E-state index contributed by atoms with van der Waals surface area (Å²) in [6.07, 6.45) is 3.46. The Labute approximate surface area is 200 Å². The highest BCUT2D eigenvalue weighted by molar-refractivity contribution is 6.00. The number of fused-ring (bicyclic) bond motifs is 3. The van der Waals surface area contributed by atoms with Crippen molar-refractivity contribution in [1.82, 2.24) is 19.0 Å². The lowest BCUT2D eigenvalue weighted by atomic mass is 9.96. The van der Waals surface area contributed by atoms with Gasteiger partial charge in [-0.15, -0.1) is 0 Å². The number of aryl methyl sites for hydroxylation is 1. The maximum Gasteiger partial charge on any atom is 0.254 e. The third kappa shape index (κ3) is 3.52. The van der Waals surface area contributed by atoms with Gasteiger partial charge in [0.1, 0.15) is 0 Å². The number of carbonyl (C=O) groups excluding carboxylic acids is 1. The number of nitrogens with two attached hydrogens (primary N) is 1. The number of nitrogens with zero attached hydrogens (tertiary/aromatic N) is 4. The van der Waals surface area contributed by atoms with Crippen LogP contribution in [-0.2, 0) is 20.0 Å². The number of hydrogen-bond acceptors (Lipinski definition) is 3. The first kappa shape index (κ1) is 21.4. The third-order valence-electron chi connectivity index (χ3n) is 7.74. The lowest BCUT2D eigenvalue weighted by Gasteiger charge is -2.31. The molecule has 1 amide bonds. The fourth-order valence-electron chi connectivity index (χ4n) is 5.23. The molecule has 4 aromatic rings. The van der Waals surface area contributed by atoms with E-state index in [-0.39, 0.29) is 11.9 Å². The molecule has 1 atom stereocenters. The average molecular weight is 456 g/mol. The molecule has 6 heteroatoms. The summed E-state index contributed by atoms with van der Waals surface area (Å²) in [6.45, 7) is 6.57. The molecule has 0 bridgehead atoms. The molecule has 2 aromatic heterocycles. The van der Waals surface area contributed by atoms with Crippen molar-refractivity contribution in [1.29, 1.82) is 0 Å². The minimum absolute atomic E-state index is 0.0101. The van der Waals surface area contributed by atoms with Gasteiger partial charge in [-0.2, -0.15) is 0 Å². The summed E-state index contributed by atoms with van der Waals surface area (Å²) in [4.78, 5) is 20.3. The third-order valence-corrected chi connectivity index (χ3v) is 7.74. The maximum absolute atomic E-state index is 13.3. The van der Waals surface area contributed by atoms with Crippen molar-refractivity contribution in [2.75, 3.05) is 13.1 Å². The van der Waals surface area contributed by atoms with E-state index in [0.717, 1.165) is 59.1 Å². The van der Waals surface area contributed by atoms with E-state index in [2.05, 4.69) is 66.4 Å². The van der Waals surface area contributed by atoms with E-state index in [0.29, 0.717) is 12.5 Å². The van der Waals surface area contributed by atoms with Gasteiger partial charge in [-0.3, -0.25) is 4.79 Å². The summed E-state index contributed by atoms with van der Waals surface area (Å²) in [5.41, 5.74) is 12.5. The van der Waals surface area contributed by atoms with Crippen LogP contribution in [0.3, 0.4) is 0 Å². The minimum atomic E-state index is -0.0101. The summed E-state index contributed by atoms with van der Waals surface area (Å²) in [7, 11) is 2.09. The van der Waals surface area contributed by atoms with Crippen molar-refractivity contribution >= 4 is 27.8 Å². The zero-order valence-electron chi connectivity index (χ0n) is 20.3. The molecule has 1 fully saturated rings. The molecule has 2 N–H and O–H groups in total. The Bertz CT molecular complexity index is 1410. The standard InChI is InChI=1S/C28H33N5O/c1-17(2)22(29)16-32-11-10-19-12-25-23(14-21(19)28(32)34)30-27(31(25)3)26-13-20-6-4-5-7-24(20)33(26)15-18-8-9-18/h4-7,12-14,17-18,22H,8-11,15-16,29H2,1-3H3/t22-/m0/s1. The first-order valence-electron chi connectivity index (χ1n) is 12.5. The van der Waals surface area contributed by atoms with Crippen LogP contribution in [0.1, 0.15) is 42.6 Å². The van der Waals surface area contributed by atoms with Gasteiger partial charge in [0.05, 0.1) is 16.7 Å². The van der Waals surface area contributed by atoms with Gasteiger partial charge in [-0.1, -0.05) is 32.0 Å². The van der Waals surface area contributed by atoms with Crippen LogP contribution in [0.15, 0.2) is 42.5 Å². The Morgan fingerprint density at radius 3 is 2.68 bits per heavy atom. The van der Waals surface area contributed by atoms with E-state index in [1.165, 1.54) is 23.7 Å². The van der Waals surface area contributed by atoms with Gasteiger partial charge in [0, 0.05) is 49.2 Å². The molecule has 34 heavy (non-hydrogen) atoms. The second-order valence-corrected chi connectivity index (χ2v) is 10.5. The van der Waals surface area contributed by atoms with Crippen LogP contribution in [0.2, 0.25) is 0 Å². The highest BCUT2D eigenvalue weighted by Crippen LogP contribution is 2.37. The Morgan fingerprint density at radius 2 is 1.91 bits per heavy atom. The van der Waals surface area contributed by atoms with Gasteiger partial charge < -0.3 is 19.8 Å². The summed E-state index contributed by atoms with van der Waals surface area (Å²) in [5.74, 6) is 2.14. The monoisotopic (exact) mass is 455 g/mol. The molecule has 1 aliphatic carbocycles. The van der Waals surface area contributed by atoms with E-state index >= 15 is 0 Å². The fourth-order valence-corrected chi connectivity index (χ4v) is 5.23. The van der Waals surface area contributed by atoms with Crippen LogP contribution in [0.25, 0.3) is 33.5 Å². The summed E-state index contributed by atoms with van der Waals surface area (Å²) >= 11 is 0. The van der Waals surface area contributed by atoms with E-state index in [1.54, 1.807) is 0 Å². The van der Waals surface area contributed by atoms with Crippen molar-refractivity contribution in [3.05, 3.63) is 53.6 Å². The Morgan fingerprint density at radius 1 is 1.12 bits per heavy atom. The highest BCUT2D eigenvalue weighted by Gasteiger charge is 2.29. The molecule has 176 valence electrons. The lowest BCUT2D eigenvalue weighted by Crippen LogP contribution is -2.46. The molecule has 1 saturated carbocycles. The predicted molar refractivity (Wildman–Crippen MR) is 137 cm³/mol. The summed E-state index contributed by atoms with van der Waals surface area (Å²) in [5, 5.41) is 1.25. The van der Waals surface area contributed by atoms with Crippen LogP contribution in [0.5, 0.6) is 0 Å². The van der Waals surface area contributed by atoms with Gasteiger partial charge in [0.2, 0.25) is 0 Å². The van der Waals surface area contributed by atoms with E-state index in [9.17, 15) is 4.79 Å². The van der Waals surface area contributed by atoms with E-state index in [1.807, 2.05) is 11.0 Å². The van der Waals surface area contributed by atoms with Crippen LogP contribution < -0.4 is 5.73 Å². The Hall–Kier alpha value is -3.12. The van der Waals surface area contributed by atoms with Crippen LogP contribution >= 0.6 is 0 Å². The van der Waals surface area contributed by atoms with Gasteiger partial charge in [0.15, 0.2) is 5.82 Å². The second-order valence-electron chi connectivity index (χ2n) is 10.5. The number of carbonyl (C=O) groups is 1. The Kier molecular flexibility index (Phi) is 5.03. The fraction of sp³-hybridized carbons (Fsp3) is 0.429. The van der Waals surface area contributed by atoms with Crippen LogP contribution in [0, 0.1) is 11.8 Å². The molecule has 0 spiro atoms. The van der Waals surface area contributed by atoms with Crippen molar-refractivity contribution in [3.63, 3.8) is 0 Å². The second kappa shape index (κ2) is 7.98. The quantitative estimate of drug-likeness (QED) is 0.462. The molecule has 0 radical (unpaired) electrons. The molecule has 0 unspecified atom stereocenters. The maximum atomic E-state index is 13.3. The van der Waals surface area contributed by atoms with Gasteiger partial charge >= 0.3 is 0 Å². The number of aromatic nitrogens is 3. The minimum Gasteiger partial charge on any atom is -0.338 e. The number of benzene rings is 2. The van der Waals surface area contributed by atoms with Gasteiger partial charge in [0.25, 0.3) is 5.91 Å². The first-order chi connectivity index (χ1) is 16.4. The molecule has 3 heterocycles. The number of para-hydroxylation sites is 1.